The summed E-state index contributed by atoms with van der Waals surface area (Å²) in [7, 11) is 1.80. The number of nitrogens with one attached hydrogen (secondary N) is 1. The Morgan fingerprint density at radius 1 is 1.18 bits per heavy atom. The Kier molecular flexibility index (Phi) is 5.95. The normalized spacial score (nSPS) is 12.2. The molecule has 2 N–H and O–H groups in total. The van der Waals surface area contributed by atoms with Crippen LogP contribution >= 0.6 is 11.6 Å². The molecule has 4 nitrogen and oxygen atoms in total. The fourth-order valence-corrected chi connectivity index (χ4v) is 2.24. The van der Waals surface area contributed by atoms with Gasteiger partial charge in [0.05, 0.1) is 12.6 Å². The van der Waals surface area contributed by atoms with Crippen LogP contribution in [0.5, 0.6) is 0 Å². The number of halogens is 1. The molecule has 0 bridgehead atoms. The van der Waals surface area contributed by atoms with E-state index in [-0.39, 0.29) is 12.5 Å². The lowest BCUT2D eigenvalue weighted by Gasteiger charge is -2.20. The summed E-state index contributed by atoms with van der Waals surface area (Å²) in [6.07, 6.45) is -0.660. The molecule has 0 heterocycles. The Bertz CT molecular complexity index is 602. The average Bonchev–Trinajstić information content (AvgIpc) is 2.48. The van der Waals surface area contributed by atoms with Crippen LogP contribution in [0.3, 0.4) is 0 Å². The van der Waals surface area contributed by atoms with Gasteiger partial charge in [-0.2, -0.15) is 0 Å². The molecular weight excluding hydrogens is 300 g/mol. The molecule has 0 spiro atoms. The summed E-state index contributed by atoms with van der Waals surface area (Å²) in [6, 6.07) is 16.3. The smallest absolute Gasteiger partial charge is 0.238 e. The van der Waals surface area contributed by atoms with E-state index in [0.29, 0.717) is 11.6 Å². The van der Waals surface area contributed by atoms with Gasteiger partial charge in [-0.25, -0.2) is 0 Å². The van der Waals surface area contributed by atoms with Crippen molar-refractivity contribution in [2.75, 3.05) is 25.5 Å². The minimum atomic E-state index is -0.660. The van der Waals surface area contributed by atoms with Gasteiger partial charge in [0.25, 0.3) is 0 Å². The fraction of sp³-hybridized carbons (Fsp3) is 0.235. The van der Waals surface area contributed by atoms with E-state index in [1.165, 1.54) is 0 Å². The zero-order chi connectivity index (χ0) is 15.9. The van der Waals surface area contributed by atoms with Crippen molar-refractivity contribution < 1.29 is 9.90 Å². The van der Waals surface area contributed by atoms with E-state index >= 15 is 0 Å². The van der Waals surface area contributed by atoms with Crippen LogP contribution in [0, 0.1) is 0 Å². The number of benzene rings is 2. The number of hydrogen-bond acceptors (Lipinski definition) is 3. The lowest BCUT2D eigenvalue weighted by molar-refractivity contribution is -0.117. The molecule has 0 aliphatic heterocycles. The standard InChI is InChI=1S/C17H19ClN2O2/c1-20(11-16(21)13-7-9-14(18)10-8-13)12-17(22)19-15-5-3-2-4-6-15/h2-10,16,21H,11-12H2,1H3,(H,19,22). The zero-order valence-electron chi connectivity index (χ0n) is 12.4. The lowest BCUT2D eigenvalue weighted by atomic mass is 10.1. The predicted octanol–water partition coefficient (Wildman–Crippen LogP) is 2.94. The minimum absolute atomic E-state index is 0.114. The summed E-state index contributed by atoms with van der Waals surface area (Å²) in [4.78, 5) is 13.7. The Hall–Kier alpha value is -1.88. The van der Waals surface area contributed by atoms with Crippen LogP contribution in [-0.4, -0.2) is 36.1 Å². The summed E-state index contributed by atoms with van der Waals surface area (Å²) in [5.41, 5.74) is 1.54. The minimum Gasteiger partial charge on any atom is -0.387 e. The number of carbonyl (C=O) groups excluding carboxylic acids is 1. The van der Waals surface area contributed by atoms with Crippen molar-refractivity contribution in [2.45, 2.75) is 6.10 Å². The lowest BCUT2D eigenvalue weighted by Crippen LogP contribution is -2.33. The molecule has 0 radical (unpaired) electrons. The molecule has 0 fully saturated rings. The molecule has 1 amide bonds. The van der Waals surface area contributed by atoms with E-state index in [2.05, 4.69) is 5.32 Å². The SMILES string of the molecule is CN(CC(=O)Nc1ccccc1)CC(O)c1ccc(Cl)cc1. The molecule has 1 unspecified atom stereocenters. The number of nitrogens with zero attached hydrogens (tertiary/aromatic N) is 1. The monoisotopic (exact) mass is 318 g/mol. The largest absolute Gasteiger partial charge is 0.387 e. The van der Waals surface area contributed by atoms with Crippen molar-refractivity contribution in [3.05, 3.63) is 65.2 Å². The van der Waals surface area contributed by atoms with Crippen LogP contribution in [0.25, 0.3) is 0 Å². The number of aliphatic hydroxyl groups is 1. The van der Waals surface area contributed by atoms with Crippen LogP contribution < -0.4 is 5.32 Å². The van der Waals surface area contributed by atoms with E-state index in [4.69, 9.17) is 11.6 Å². The maximum Gasteiger partial charge on any atom is 0.238 e. The van der Waals surface area contributed by atoms with Crippen molar-refractivity contribution in [3.63, 3.8) is 0 Å². The third-order valence-electron chi connectivity index (χ3n) is 3.21. The van der Waals surface area contributed by atoms with Crippen molar-refractivity contribution in [1.29, 1.82) is 0 Å². The number of para-hydroxylation sites is 1. The number of hydrogen-bond donors (Lipinski definition) is 2. The zero-order valence-corrected chi connectivity index (χ0v) is 13.1. The summed E-state index contributed by atoms with van der Waals surface area (Å²) >= 11 is 5.82. The van der Waals surface area contributed by atoms with E-state index < -0.39 is 6.10 Å². The van der Waals surface area contributed by atoms with E-state index in [9.17, 15) is 9.90 Å². The highest BCUT2D eigenvalue weighted by atomic mass is 35.5. The van der Waals surface area contributed by atoms with Crippen molar-refractivity contribution in [2.24, 2.45) is 0 Å². The van der Waals surface area contributed by atoms with Crippen molar-refractivity contribution in [3.8, 4) is 0 Å². The first-order valence-electron chi connectivity index (χ1n) is 7.01. The molecular formula is C17H19ClN2O2. The number of amides is 1. The van der Waals surface area contributed by atoms with Crippen molar-refractivity contribution >= 4 is 23.2 Å². The van der Waals surface area contributed by atoms with Gasteiger partial charge in [0.2, 0.25) is 5.91 Å². The highest BCUT2D eigenvalue weighted by Crippen LogP contribution is 2.17. The molecule has 22 heavy (non-hydrogen) atoms. The van der Waals surface area contributed by atoms with Crippen LogP contribution in [0.2, 0.25) is 5.02 Å². The van der Waals surface area contributed by atoms with Gasteiger partial charge in [0.1, 0.15) is 0 Å². The van der Waals surface area contributed by atoms with Gasteiger partial charge in [0.15, 0.2) is 0 Å². The highest BCUT2D eigenvalue weighted by Gasteiger charge is 2.13. The molecule has 0 aliphatic carbocycles. The van der Waals surface area contributed by atoms with E-state index in [1.54, 1.807) is 36.2 Å². The second kappa shape index (κ2) is 7.94. The molecule has 1 atom stereocenters. The third-order valence-corrected chi connectivity index (χ3v) is 3.46. The van der Waals surface area contributed by atoms with Crippen LogP contribution in [0.1, 0.15) is 11.7 Å². The molecule has 2 aromatic rings. The first-order valence-corrected chi connectivity index (χ1v) is 7.39. The van der Waals surface area contributed by atoms with Gasteiger partial charge in [-0.3, -0.25) is 9.69 Å². The van der Waals surface area contributed by atoms with Gasteiger partial charge in [0, 0.05) is 17.3 Å². The van der Waals surface area contributed by atoms with Gasteiger partial charge < -0.3 is 10.4 Å². The number of aliphatic hydroxyl groups excluding tert-OH is 1. The first-order chi connectivity index (χ1) is 10.5. The molecule has 2 rings (SSSR count). The van der Waals surface area contributed by atoms with Crippen LogP contribution in [-0.2, 0) is 4.79 Å². The Morgan fingerprint density at radius 2 is 1.82 bits per heavy atom. The molecule has 116 valence electrons. The van der Waals surface area contributed by atoms with Crippen LogP contribution in [0.15, 0.2) is 54.6 Å². The first kappa shape index (κ1) is 16.5. The summed E-state index contributed by atoms with van der Waals surface area (Å²) in [5, 5.41) is 13.6. The molecule has 0 saturated carbocycles. The Balaban J connectivity index is 1.83. The number of carbonyl (C=O) groups is 1. The number of likely N-dealkylation sites (N-methyl/N-ethyl adjacent to an activating group) is 1. The Morgan fingerprint density at radius 3 is 2.45 bits per heavy atom. The molecule has 0 aliphatic rings. The second-order valence-corrected chi connectivity index (χ2v) is 5.61. The molecule has 2 aromatic carbocycles. The van der Waals surface area contributed by atoms with Gasteiger partial charge in [-0.15, -0.1) is 0 Å². The predicted molar refractivity (Wildman–Crippen MR) is 89.0 cm³/mol. The highest BCUT2D eigenvalue weighted by molar-refractivity contribution is 6.30. The van der Waals surface area contributed by atoms with E-state index in [0.717, 1.165) is 11.3 Å². The third kappa shape index (κ3) is 5.15. The van der Waals surface area contributed by atoms with Crippen LogP contribution in [0.4, 0.5) is 5.69 Å². The second-order valence-electron chi connectivity index (χ2n) is 5.18. The molecule has 0 saturated heterocycles. The Labute approximate surface area is 135 Å². The molecule has 5 heteroatoms. The van der Waals surface area contributed by atoms with Gasteiger partial charge >= 0.3 is 0 Å². The van der Waals surface area contributed by atoms with Gasteiger partial charge in [-0.1, -0.05) is 41.9 Å². The summed E-state index contributed by atoms with van der Waals surface area (Å²) in [5.74, 6) is -0.114. The quantitative estimate of drug-likeness (QED) is 0.861. The maximum atomic E-state index is 11.9. The average molecular weight is 319 g/mol. The molecule has 0 aromatic heterocycles. The number of anilines is 1. The summed E-state index contributed by atoms with van der Waals surface area (Å²) in [6.45, 7) is 0.573. The summed E-state index contributed by atoms with van der Waals surface area (Å²) < 4.78 is 0. The number of rotatable bonds is 6. The van der Waals surface area contributed by atoms with Gasteiger partial charge in [-0.05, 0) is 36.9 Å². The maximum absolute atomic E-state index is 11.9. The van der Waals surface area contributed by atoms with E-state index in [1.807, 2.05) is 30.3 Å². The fourth-order valence-electron chi connectivity index (χ4n) is 2.12. The van der Waals surface area contributed by atoms with Crippen molar-refractivity contribution in [1.82, 2.24) is 4.90 Å². The topological polar surface area (TPSA) is 52.6 Å².